The molecule has 2 atom stereocenters. The molecule has 1 aromatic carbocycles. The summed E-state index contributed by atoms with van der Waals surface area (Å²) in [6, 6.07) is 4.87. The van der Waals surface area contributed by atoms with Crippen LogP contribution in [0.15, 0.2) is 18.2 Å². The van der Waals surface area contributed by atoms with Crippen LogP contribution < -0.4 is 10.1 Å². The zero-order valence-electron chi connectivity index (χ0n) is 21.2. The van der Waals surface area contributed by atoms with E-state index in [1.807, 2.05) is 11.0 Å². The monoisotopic (exact) mass is 495 g/mol. The molecule has 2 saturated heterocycles. The molecule has 1 saturated carbocycles. The van der Waals surface area contributed by atoms with E-state index in [0.29, 0.717) is 43.2 Å². The molecule has 4 aliphatic rings. The number of benzene rings is 1. The standard InChI is InChI=1S/C28H37N3O5/c1-18-5-7-19(8-6-18)14-26(33)30-13-3-2-4-21(30)17-36-22-9-10-23-20(15-22)16-31(28(23)35)24-11-12-25(32)29-27(24)34/h9-10,15,18-19,21,24H,2-8,11-14,16-17H2,1H3,(H,29,32,34)/t18-,19-,21-,24?/m1/s1. The van der Waals surface area contributed by atoms with Gasteiger partial charge in [-0.1, -0.05) is 19.8 Å². The first-order valence-electron chi connectivity index (χ1n) is 13.6. The average Bonchev–Trinajstić information content (AvgIpc) is 3.19. The highest BCUT2D eigenvalue weighted by atomic mass is 16.5. The summed E-state index contributed by atoms with van der Waals surface area (Å²) in [6.45, 7) is 3.87. The van der Waals surface area contributed by atoms with Crippen LogP contribution in [0.5, 0.6) is 5.75 Å². The summed E-state index contributed by atoms with van der Waals surface area (Å²) in [5.41, 5.74) is 1.40. The third-order valence-corrected chi connectivity index (χ3v) is 8.48. The molecule has 3 heterocycles. The second kappa shape index (κ2) is 10.6. The third-order valence-electron chi connectivity index (χ3n) is 8.48. The van der Waals surface area contributed by atoms with Crippen LogP contribution in [0, 0.1) is 11.8 Å². The number of carbonyl (C=O) groups excluding carboxylic acids is 4. The first-order valence-corrected chi connectivity index (χ1v) is 13.6. The fourth-order valence-corrected chi connectivity index (χ4v) is 6.23. The maximum Gasteiger partial charge on any atom is 0.255 e. The minimum Gasteiger partial charge on any atom is -0.491 e. The molecule has 5 rings (SSSR count). The second-order valence-corrected chi connectivity index (χ2v) is 11.1. The second-order valence-electron chi connectivity index (χ2n) is 11.1. The molecule has 8 heteroatoms. The number of amides is 4. The Bertz CT molecular complexity index is 1030. The predicted octanol–water partition coefficient (Wildman–Crippen LogP) is 3.42. The van der Waals surface area contributed by atoms with Crippen molar-refractivity contribution in [3.05, 3.63) is 29.3 Å². The molecule has 194 valence electrons. The van der Waals surface area contributed by atoms with E-state index in [1.54, 1.807) is 17.0 Å². The first kappa shape index (κ1) is 24.8. The number of imide groups is 1. The topological polar surface area (TPSA) is 96.0 Å². The highest BCUT2D eigenvalue weighted by Crippen LogP contribution is 2.33. The van der Waals surface area contributed by atoms with Crippen molar-refractivity contribution in [1.82, 2.24) is 15.1 Å². The molecule has 0 aromatic heterocycles. The van der Waals surface area contributed by atoms with E-state index < -0.39 is 11.9 Å². The molecule has 4 amide bonds. The SMILES string of the molecule is C[C@H]1CC[C@H](CC(=O)N2CCCC[C@@H]2COc2ccc3c(c2)CN(C2CCC(=O)NC2=O)C3=O)CC1. The number of hydrogen-bond acceptors (Lipinski definition) is 5. The maximum atomic E-state index is 13.2. The van der Waals surface area contributed by atoms with Gasteiger partial charge < -0.3 is 14.5 Å². The summed E-state index contributed by atoms with van der Waals surface area (Å²) in [5, 5.41) is 2.33. The molecule has 1 aromatic rings. The van der Waals surface area contributed by atoms with E-state index in [-0.39, 0.29) is 30.2 Å². The van der Waals surface area contributed by atoms with Gasteiger partial charge in [0.2, 0.25) is 17.7 Å². The molecule has 1 aliphatic carbocycles. The van der Waals surface area contributed by atoms with Gasteiger partial charge in [-0.3, -0.25) is 24.5 Å². The molecule has 36 heavy (non-hydrogen) atoms. The van der Waals surface area contributed by atoms with Crippen LogP contribution in [0.3, 0.4) is 0 Å². The van der Waals surface area contributed by atoms with Crippen molar-refractivity contribution in [2.45, 2.75) is 89.8 Å². The van der Waals surface area contributed by atoms with Crippen molar-refractivity contribution in [2.75, 3.05) is 13.2 Å². The average molecular weight is 496 g/mol. The third kappa shape index (κ3) is 5.27. The summed E-state index contributed by atoms with van der Waals surface area (Å²) < 4.78 is 6.16. The Labute approximate surface area is 212 Å². The summed E-state index contributed by atoms with van der Waals surface area (Å²) >= 11 is 0. The Balaban J connectivity index is 1.19. The number of ether oxygens (including phenoxy) is 1. The molecule has 1 N–H and O–H groups in total. The highest BCUT2D eigenvalue weighted by molar-refractivity contribution is 6.05. The van der Waals surface area contributed by atoms with E-state index in [4.69, 9.17) is 4.74 Å². The zero-order chi connectivity index (χ0) is 25.2. The first-order chi connectivity index (χ1) is 17.4. The summed E-state index contributed by atoms with van der Waals surface area (Å²) in [7, 11) is 0. The van der Waals surface area contributed by atoms with E-state index in [9.17, 15) is 19.2 Å². The number of rotatable bonds is 6. The van der Waals surface area contributed by atoms with Gasteiger partial charge in [-0.05, 0) is 74.1 Å². The van der Waals surface area contributed by atoms with Crippen molar-refractivity contribution >= 4 is 23.6 Å². The number of nitrogens with zero attached hydrogens (tertiary/aromatic N) is 2. The molecular formula is C28H37N3O5. The molecule has 0 radical (unpaired) electrons. The van der Waals surface area contributed by atoms with Crippen LogP contribution in [-0.2, 0) is 20.9 Å². The molecule has 3 aliphatic heterocycles. The Morgan fingerprint density at radius 3 is 2.64 bits per heavy atom. The molecular weight excluding hydrogens is 458 g/mol. The smallest absolute Gasteiger partial charge is 0.255 e. The summed E-state index contributed by atoms with van der Waals surface area (Å²) in [6.07, 6.45) is 9.09. The lowest BCUT2D eigenvalue weighted by Gasteiger charge is -2.37. The van der Waals surface area contributed by atoms with Crippen molar-refractivity contribution in [3.63, 3.8) is 0 Å². The normalized spacial score (nSPS) is 28.6. The maximum absolute atomic E-state index is 13.2. The molecule has 1 unspecified atom stereocenters. The number of piperidine rings is 2. The van der Waals surface area contributed by atoms with Gasteiger partial charge in [0.25, 0.3) is 5.91 Å². The van der Waals surface area contributed by atoms with Gasteiger partial charge >= 0.3 is 0 Å². The van der Waals surface area contributed by atoms with Crippen LogP contribution in [0.2, 0.25) is 0 Å². The lowest BCUT2D eigenvalue weighted by atomic mass is 9.81. The zero-order valence-corrected chi connectivity index (χ0v) is 21.2. The van der Waals surface area contributed by atoms with Gasteiger partial charge in [0, 0.05) is 31.5 Å². The highest BCUT2D eigenvalue weighted by Gasteiger charge is 2.39. The van der Waals surface area contributed by atoms with Gasteiger partial charge in [-0.2, -0.15) is 0 Å². The molecule has 8 nitrogen and oxygen atoms in total. The number of fused-ring (bicyclic) bond motifs is 1. The van der Waals surface area contributed by atoms with E-state index in [1.165, 1.54) is 12.8 Å². The molecule has 0 bridgehead atoms. The van der Waals surface area contributed by atoms with Gasteiger partial charge in [-0.25, -0.2) is 0 Å². The minimum atomic E-state index is -0.624. The fraction of sp³-hybridized carbons (Fsp3) is 0.643. The lowest BCUT2D eigenvalue weighted by molar-refractivity contribution is -0.138. The Morgan fingerprint density at radius 2 is 1.86 bits per heavy atom. The summed E-state index contributed by atoms with van der Waals surface area (Å²) in [4.78, 5) is 53.4. The van der Waals surface area contributed by atoms with Crippen LogP contribution in [0.1, 0.15) is 87.1 Å². The largest absolute Gasteiger partial charge is 0.491 e. The number of carbonyl (C=O) groups is 4. The summed E-state index contributed by atoms with van der Waals surface area (Å²) in [5.74, 6) is 1.35. The lowest BCUT2D eigenvalue weighted by Crippen LogP contribution is -2.52. The van der Waals surface area contributed by atoms with Crippen LogP contribution in [0.4, 0.5) is 0 Å². The molecule has 3 fully saturated rings. The predicted molar refractivity (Wildman–Crippen MR) is 133 cm³/mol. The Kier molecular flexibility index (Phi) is 7.30. The van der Waals surface area contributed by atoms with E-state index in [0.717, 1.165) is 50.1 Å². The number of likely N-dealkylation sites (tertiary alicyclic amines) is 1. The quantitative estimate of drug-likeness (QED) is 0.610. The van der Waals surface area contributed by atoms with Gasteiger partial charge in [0.1, 0.15) is 18.4 Å². The van der Waals surface area contributed by atoms with Gasteiger partial charge in [0.15, 0.2) is 0 Å². The van der Waals surface area contributed by atoms with Crippen LogP contribution >= 0.6 is 0 Å². The van der Waals surface area contributed by atoms with Crippen molar-refractivity contribution in [3.8, 4) is 5.75 Å². The van der Waals surface area contributed by atoms with Crippen molar-refractivity contribution in [1.29, 1.82) is 0 Å². The Hall–Kier alpha value is -2.90. The minimum absolute atomic E-state index is 0.0728. The Morgan fingerprint density at radius 1 is 1.06 bits per heavy atom. The van der Waals surface area contributed by atoms with Crippen molar-refractivity contribution < 1.29 is 23.9 Å². The van der Waals surface area contributed by atoms with Gasteiger partial charge in [0.05, 0.1) is 6.04 Å². The number of hydrogen-bond donors (Lipinski definition) is 1. The van der Waals surface area contributed by atoms with Crippen molar-refractivity contribution in [2.24, 2.45) is 11.8 Å². The van der Waals surface area contributed by atoms with Crippen LogP contribution in [0.25, 0.3) is 0 Å². The molecule has 0 spiro atoms. The van der Waals surface area contributed by atoms with Crippen LogP contribution in [-0.4, -0.2) is 58.7 Å². The van der Waals surface area contributed by atoms with Gasteiger partial charge in [-0.15, -0.1) is 0 Å². The van der Waals surface area contributed by atoms with E-state index in [2.05, 4.69) is 12.2 Å². The number of nitrogens with one attached hydrogen (secondary N) is 1. The fourth-order valence-electron chi connectivity index (χ4n) is 6.23. The van der Waals surface area contributed by atoms with E-state index >= 15 is 0 Å².